The molecule has 52 valence electrons. The first-order valence-corrected chi connectivity index (χ1v) is 2.93. The molecule has 0 fully saturated rings. The van der Waals surface area contributed by atoms with Gasteiger partial charge in [0.25, 0.3) is 0 Å². The Balaban J connectivity index is 0.000000371. The molecule has 0 spiro atoms. The van der Waals surface area contributed by atoms with E-state index in [0.29, 0.717) is 0 Å². The third-order valence-corrected chi connectivity index (χ3v) is 1.15. The maximum atomic E-state index is 6.25. The van der Waals surface area contributed by atoms with Crippen molar-refractivity contribution >= 4 is 0 Å². The van der Waals surface area contributed by atoms with Crippen LogP contribution in [0.15, 0.2) is 24.5 Å². The highest BCUT2D eigenvalue weighted by Gasteiger charge is 1.85. The SMILES string of the molecule is Cc1cc[n+](C)cc1.[C-]#N. The lowest BCUT2D eigenvalue weighted by Crippen LogP contribution is -2.25. The zero-order chi connectivity index (χ0) is 7.98. The summed E-state index contributed by atoms with van der Waals surface area (Å²) in [5, 5.41) is 6.25. The quantitative estimate of drug-likeness (QED) is 0.383. The van der Waals surface area contributed by atoms with Crippen LogP contribution >= 0.6 is 0 Å². The molecular formula is C8H10N2. The molecular weight excluding hydrogens is 124 g/mol. The molecule has 0 amide bonds. The summed E-state index contributed by atoms with van der Waals surface area (Å²) in [6.45, 7) is 6.83. The zero-order valence-corrected chi connectivity index (χ0v) is 6.20. The molecule has 0 bridgehead atoms. The minimum atomic E-state index is 1.31. The summed E-state index contributed by atoms with van der Waals surface area (Å²) in [6.07, 6.45) is 4.07. The lowest BCUT2D eigenvalue weighted by molar-refractivity contribution is -0.671. The first-order valence-electron chi connectivity index (χ1n) is 2.93. The zero-order valence-electron chi connectivity index (χ0n) is 6.20. The van der Waals surface area contributed by atoms with E-state index in [1.807, 2.05) is 24.0 Å². The van der Waals surface area contributed by atoms with Gasteiger partial charge in [-0.25, -0.2) is 4.57 Å². The number of hydrogen-bond donors (Lipinski definition) is 0. The third kappa shape index (κ3) is 2.83. The maximum Gasteiger partial charge on any atom is 0.168 e. The van der Waals surface area contributed by atoms with Gasteiger partial charge in [-0.1, -0.05) is 0 Å². The second kappa shape index (κ2) is 4.51. The summed E-state index contributed by atoms with van der Waals surface area (Å²) in [5.41, 5.74) is 1.31. The molecule has 2 heteroatoms. The van der Waals surface area contributed by atoms with Crippen LogP contribution in [0.2, 0.25) is 0 Å². The van der Waals surface area contributed by atoms with Gasteiger partial charge in [0.05, 0.1) is 0 Å². The predicted molar refractivity (Wildman–Crippen MR) is 37.3 cm³/mol. The van der Waals surface area contributed by atoms with Crippen molar-refractivity contribution in [2.24, 2.45) is 7.05 Å². The van der Waals surface area contributed by atoms with Crippen molar-refractivity contribution in [1.29, 1.82) is 5.26 Å². The minimum absolute atomic E-state index is 1.31. The van der Waals surface area contributed by atoms with Crippen LogP contribution in [0, 0.1) is 18.8 Å². The summed E-state index contributed by atoms with van der Waals surface area (Å²) in [6, 6.07) is 4.17. The normalized spacial score (nSPS) is 7.60. The number of aromatic nitrogens is 1. The van der Waals surface area contributed by atoms with E-state index in [1.165, 1.54) is 5.56 Å². The van der Waals surface area contributed by atoms with Gasteiger partial charge in [-0.15, -0.1) is 0 Å². The van der Waals surface area contributed by atoms with Crippen molar-refractivity contribution in [2.75, 3.05) is 0 Å². The summed E-state index contributed by atoms with van der Waals surface area (Å²) in [4.78, 5) is 0. The van der Waals surface area contributed by atoms with Gasteiger partial charge in [0.1, 0.15) is 7.05 Å². The van der Waals surface area contributed by atoms with E-state index in [0.717, 1.165) is 0 Å². The molecule has 0 N–H and O–H groups in total. The van der Waals surface area contributed by atoms with Gasteiger partial charge in [-0.3, -0.25) is 0 Å². The summed E-state index contributed by atoms with van der Waals surface area (Å²) >= 11 is 0. The second-order valence-electron chi connectivity index (χ2n) is 2.04. The maximum absolute atomic E-state index is 6.25. The lowest BCUT2D eigenvalue weighted by Gasteiger charge is -1.85. The van der Waals surface area contributed by atoms with Crippen molar-refractivity contribution in [3.63, 3.8) is 0 Å². The van der Waals surface area contributed by atoms with Crippen LogP contribution in [0.3, 0.4) is 0 Å². The average molecular weight is 134 g/mol. The number of rotatable bonds is 0. The van der Waals surface area contributed by atoms with E-state index in [2.05, 4.69) is 19.1 Å². The molecule has 1 rings (SSSR count). The number of hydrogen-bond acceptors (Lipinski definition) is 1. The fourth-order valence-corrected chi connectivity index (χ4v) is 0.576. The second-order valence-corrected chi connectivity index (χ2v) is 2.04. The molecule has 0 aliphatic rings. The Morgan fingerprint density at radius 1 is 1.30 bits per heavy atom. The minimum Gasteiger partial charge on any atom is -0.512 e. The molecule has 0 unspecified atom stereocenters. The van der Waals surface area contributed by atoms with Crippen LogP contribution in [0.1, 0.15) is 5.56 Å². The Kier molecular flexibility index (Phi) is 3.90. The van der Waals surface area contributed by atoms with Gasteiger partial charge in [0, 0.05) is 12.1 Å². The molecule has 0 aliphatic heterocycles. The van der Waals surface area contributed by atoms with Crippen LogP contribution in [-0.4, -0.2) is 0 Å². The van der Waals surface area contributed by atoms with Crippen molar-refractivity contribution in [2.45, 2.75) is 6.92 Å². The monoisotopic (exact) mass is 134 g/mol. The summed E-state index contributed by atoms with van der Waals surface area (Å²) in [7, 11) is 2.01. The van der Waals surface area contributed by atoms with E-state index >= 15 is 0 Å². The van der Waals surface area contributed by atoms with Crippen molar-refractivity contribution < 1.29 is 4.57 Å². The van der Waals surface area contributed by atoms with E-state index in [-0.39, 0.29) is 0 Å². The van der Waals surface area contributed by atoms with Gasteiger partial charge < -0.3 is 11.8 Å². The molecule has 2 nitrogen and oxygen atoms in total. The van der Waals surface area contributed by atoms with Crippen molar-refractivity contribution in [3.8, 4) is 0 Å². The van der Waals surface area contributed by atoms with Gasteiger partial charge in [0.15, 0.2) is 12.4 Å². The molecule has 0 aliphatic carbocycles. The number of aryl methyl sites for hydroxylation is 2. The predicted octanol–water partition coefficient (Wildman–Crippen LogP) is 0.916. The molecule has 0 atom stereocenters. The fraction of sp³-hybridized carbons (Fsp3) is 0.250. The number of pyridine rings is 1. The standard InChI is InChI=1S/C7H10N.CN/c1-7-3-5-8(2)6-4-7;1-2/h3-6H,1-2H3;/q+1;-1. The Morgan fingerprint density at radius 2 is 1.70 bits per heavy atom. The van der Waals surface area contributed by atoms with Crippen LogP contribution < -0.4 is 4.57 Å². The Hall–Kier alpha value is -1.36. The first-order chi connectivity index (χ1) is 4.79. The van der Waals surface area contributed by atoms with Gasteiger partial charge in [0.2, 0.25) is 0 Å². The van der Waals surface area contributed by atoms with Crippen LogP contribution in [-0.2, 0) is 7.05 Å². The van der Waals surface area contributed by atoms with Crippen LogP contribution in [0.25, 0.3) is 0 Å². The smallest absolute Gasteiger partial charge is 0.168 e. The molecule has 0 aromatic carbocycles. The molecule has 1 heterocycles. The first kappa shape index (κ1) is 8.64. The fourth-order valence-electron chi connectivity index (χ4n) is 0.576. The molecule has 0 radical (unpaired) electrons. The third-order valence-electron chi connectivity index (χ3n) is 1.15. The van der Waals surface area contributed by atoms with Crippen LogP contribution in [0.4, 0.5) is 0 Å². The van der Waals surface area contributed by atoms with Crippen molar-refractivity contribution in [1.82, 2.24) is 0 Å². The van der Waals surface area contributed by atoms with E-state index in [4.69, 9.17) is 11.8 Å². The van der Waals surface area contributed by atoms with Gasteiger partial charge in [-0.2, -0.15) is 0 Å². The van der Waals surface area contributed by atoms with Gasteiger partial charge >= 0.3 is 0 Å². The van der Waals surface area contributed by atoms with E-state index in [1.54, 1.807) is 0 Å². The van der Waals surface area contributed by atoms with Gasteiger partial charge in [-0.05, 0) is 12.5 Å². The topological polar surface area (TPSA) is 27.7 Å². The summed E-state index contributed by atoms with van der Waals surface area (Å²) in [5.74, 6) is 0. The highest BCUT2D eigenvalue weighted by atomic mass is 14.9. The molecule has 1 aromatic rings. The van der Waals surface area contributed by atoms with E-state index < -0.39 is 0 Å². The highest BCUT2D eigenvalue weighted by Crippen LogP contribution is 1.87. The Bertz CT molecular complexity index is 177. The van der Waals surface area contributed by atoms with E-state index in [9.17, 15) is 0 Å². The molecule has 0 saturated heterocycles. The highest BCUT2D eigenvalue weighted by molar-refractivity contribution is 5.02. The Morgan fingerprint density at radius 3 is 2.00 bits per heavy atom. The summed E-state index contributed by atoms with van der Waals surface area (Å²) < 4.78 is 2.02. The van der Waals surface area contributed by atoms with Crippen molar-refractivity contribution in [3.05, 3.63) is 36.7 Å². The lowest BCUT2D eigenvalue weighted by atomic mass is 10.3. The molecule has 10 heavy (non-hydrogen) atoms. The Labute approximate surface area is 61.4 Å². The van der Waals surface area contributed by atoms with Crippen LogP contribution in [0.5, 0.6) is 0 Å². The molecule has 0 saturated carbocycles. The average Bonchev–Trinajstić information content (AvgIpc) is 2.00. The molecule has 1 aromatic heterocycles. The largest absolute Gasteiger partial charge is 0.512 e. The number of nitrogens with zero attached hydrogens (tertiary/aromatic N) is 2.